The fraction of sp³-hybridized carbons (Fsp3) is 0.438. The number of nitrogens with zero attached hydrogens (tertiary/aromatic N) is 5. The minimum atomic E-state index is 0.444. The summed E-state index contributed by atoms with van der Waals surface area (Å²) in [6.07, 6.45) is 4.61. The van der Waals surface area contributed by atoms with Gasteiger partial charge in [0.25, 0.3) is 0 Å². The first-order chi connectivity index (χ1) is 10.5. The third-order valence-corrected chi connectivity index (χ3v) is 4.61. The van der Waals surface area contributed by atoms with Gasteiger partial charge < -0.3 is 9.80 Å². The number of rotatable bonds is 3. The lowest BCUT2D eigenvalue weighted by molar-refractivity contribution is 0.682. The lowest BCUT2D eigenvalue weighted by Crippen LogP contribution is -2.35. The monoisotopic (exact) mass is 361 g/mol. The molecule has 1 saturated heterocycles. The first-order valence-electron chi connectivity index (χ1n) is 7.43. The van der Waals surface area contributed by atoms with Crippen LogP contribution in [0.3, 0.4) is 0 Å². The predicted octanol–water partition coefficient (Wildman–Crippen LogP) is 2.97. The van der Waals surface area contributed by atoms with Gasteiger partial charge in [-0.15, -0.1) is 0 Å². The number of pyridine rings is 1. The Hall–Kier alpha value is -1.69. The number of hydrogen-bond acceptors (Lipinski definition) is 5. The number of halogens is 1. The molecule has 1 unspecified atom stereocenters. The van der Waals surface area contributed by atoms with Crippen LogP contribution in [-0.2, 0) is 0 Å². The molecule has 3 heterocycles. The average molecular weight is 362 g/mol. The van der Waals surface area contributed by atoms with Crippen LogP contribution in [0.25, 0.3) is 0 Å². The number of aryl methyl sites for hydroxylation is 2. The van der Waals surface area contributed by atoms with E-state index in [0.717, 1.165) is 41.3 Å². The minimum absolute atomic E-state index is 0.444. The quantitative estimate of drug-likeness (QED) is 0.840. The van der Waals surface area contributed by atoms with Crippen molar-refractivity contribution in [3.05, 3.63) is 40.4 Å². The van der Waals surface area contributed by atoms with Crippen LogP contribution in [0.2, 0.25) is 0 Å². The van der Waals surface area contributed by atoms with Gasteiger partial charge in [0.15, 0.2) is 0 Å². The van der Waals surface area contributed by atoms with Crippen LogP contribution in [0.1, 0.15) is 17.7 Å². The van der Waals surface area contributed by atoms with E-state index < -0.39 is 0 Å². The largest absolute Gasteiger partial charge is 0.355 e. The molecule has 0 bridgehead atoms. The molecule has 0 amide bonds. The van der Waals surface area contributed by atoms with E-state index in [4.69, 9.17) is 0 Å². The van der Waals surface area contributed by atoms with Crippen LogP contribution in [0.15, 0.2) is 29.1 Å². The molecule has 5 nitrogen and oxygen atoms in total. The van der Waals surface area contributed by atoms with Crippen LogP contribution >= 0.6 is 15.9 Å². The molecule has 0 N–H and O–H groups in total. The van der Waals surface area contributed by atoms with Gasteiger partial charge >= 0.3 is 0 Å². The van der Waals surface area contributed by atoms with Gasteiger partial charge in [0.2, 0.25) is 0 Å². The van der Waals surface area contributed by atoms with E-state index in [0.29, 0.717) is 6.04 Å². The standard InChI is InChI=1S/C16H20BrN5/c1-11-6-13(17)8-18-16(11)22-5-4-14(9-22)21(3)15-7-12(2)19-10-20-15/h6-8,10,14H,4-5,9H2,1-3H3. The fourth-order valence-corrected chi connectivity index (χ4v) is 3.38. The molecule has 116 valence electrons. The van der Waals surface area contributed by atoms with Crippen molar-refractivity contribution in [2.24, 2.45) is 0 Å². The zero-order valence-corrected chi connectivity index (χ0v) is 14.7. The minimum Gasteiger partial charge on any atom is -0.355 e. The lowest BCUT2D eigenvalue weighted by atomic mass is 10.2. The molecule has 6 heteroatoms. The molecule has 1 aliphatic rings. The Balaban J connectivity index is 1.74. The van der Waals surface area contributed by atoms with Crippen molar-refractivity contribution in [2.45, 2.75) is 26.3 Å². The van der Waals surface area contributed by atoms with E-state index in [9.17, 15) is 0 Å². The van der Waals surface area contributed by atoms with Crippen LogP contribution in [0.4, 0.5) is 11.6 Å². The van der Waals surface area contributed by atoms with Gasteiger partial charge in [-0.05, 0) is 47.8 Å². The topological polar surface area (TPSA) is 45.2 Å². The van der Waals surface area contributed by atoms with Crippen molar-refractivity contribution < 1.29 is 0 Å². The molecule has 3 rings (SSSR count). The van der Waals surface area contributed by atoms with Crippen molar-refractivity contribution in [1.82, 2.24) is 15.0 Å². The molecule has 1 aliphatic heterocycles. The molecule has 2 aromatic rings. The molecule has 22 heavy (non-hydrogen) atoms. The molecule has 1 atom stereocenters. The Morgan fingerprint density at radius 2 is 2.05 bits per heavy atom. The van der Waals surface area contributed by atoms with Gasteiger partial charge in [-0.2, -0.15) is 0 Å². The molecule has 0 aliphatic carbocycles. The third kappa shape index (κ3) is 3.06. The molecule has 0 saturated carbocycles. The lowest BCUT2D eigenvalue weighted by Gasteiger charge is -2.26. The summed E-state index contributed by atoms with van der Waals surface area (Å²) in [5.41, 5.74) is 2.20. The summed E-state index contributed by atoms with van der Waals surface area (Å²) < 4.78 is 1.03. The van der Waals surface area contributed by atoms with E-state index in [1.54, 1.807) is 6.33 Å². The van der Waals surface area contributed by atoms with E-state index >= 15 is 0 Å². The number of anilines is 2. The summed E-state index contributed by atoms with van der Waals surface area (Å²) in [6.45, 7) is 6.09. The van der Waals surface area contributed by atoms with Crippen molar-refractivity contribution in [3.63, 3.8) is 0 Å². The highest BCUT2D eigenvalue weighted by molar-refractivity contribution is 9.10. The maximum absolute atomic E-state index is 4.58. The van der Waals surface area contributed by atoms with E-state index in [1.807, 2.05) is 19.2 Å². The molecule has 2 aromatic heterocycles. The molecule has 0 spiro atoms. The maximum atomic E-state index is 4.58. The predicted molar refractivity (Wildman–Crippen MR) is 92.5 cm³/mol. The van der Waals surface area contributed by atoms with Crippen molar-refractivity contribution in [2.75, 3.05) is 29.9 Å². The number of aromatic nitrogens is 3. The number of likely N-dealkylation sites (N-methyl/N-ethyl adjacent to an activating group) is 1. The molecule has 0 aromatic carbocycles. The highest BCUT2D eigenvalue weighted by Gasteiger charge is 2.28. The third-order valence-electron chi connectivity index (χ3n) is 4.18. The maximum Gasteiger partial charge on any atom is 0.132 e. The second-order valence-electron chi connectivity index (χ2n) is 5.81. The first kappa shape index (κ1) is 15.2. The summed E-state index contributed by atoms with van der Waals surface area (Å²) in [5, 5.41) is 0. The van der Waals surface area contributed by atoms with Gasteiger partial charge in [0.05, 0.1) is 0 Å². The molecular weight excluding hydrogens is 342 g/mol. The van der Waals surface area contributed by atoms with E-state index in [-0.39, 0.29) is 0 Å². The Labute approximate surface area is 139 Å². The van der Waals surface area contributed by atoms with Gasteiger partial charge in [-0.3, -0.25) is 0 Å². The summed E-state index contributed by atoms with van der Waals surface area (Å²) in [7, 11) is 2.11. The summed E-state index contributed by atoms with van der Waals surface area (Å²) >= 11 is 3.47. The Morgan fingerprint density at radius 3 is 2.77 bits per heavy atom. The Kier molecular flexibility index (Phi) is 4.29. The molecule has 1 fully saturated rings. The van der Waals surface area contributed by atoms with Gasteiger partial charge in [-0.25, -0.2) is 15.0 Å². The summed E-state index contributed by atoms with van der Waals surface area (Å²) in [4.78, 5) is 17.7. The Bertz CT molecular complexity index is 675. The average Bonchev–Trinajstić information content (AvgIpc) is 2.96. The van der Waals surface area contributed by atoms with Gasteiger partial charge in [0, 0.05) is 48.6 Å². The number of hydrogen-bond donors (Lipinski definition) is 0. The van der Waals surface area contributed by atoms with Crippen LogP contribution in [0, 0.1) is 13.8 Å². The normalized spacial score (nSPS) is 17.8. The second kappa shape index (κ2) is 6.20. The van der Waals surface area contributed by atoms with Crippen LogP contribution < -0.4 is 9.80 Å². The van der Waals surface area contributed by atoms with Crippen LogP contribution in [-0.4, -0.2) is 41.1 Å². The first-order valence-corrected chi connectivity index (χ1v) is 8.22. The summed E-state index contributed by atoms with van der Waals surface area (Å²) in [5.74, 6) is 2.07. The molecular formula is C16H20BrN5. The van der Waals surface area contributed by atoms with Gasteiger partial charge in [0.1, 0.15) is 18.0 Å². The smallest absolute Gasteiger partial charge is 0.132 e. The van der Waals surface area contributed by atoms with Crippen LogP contribution in [0.5, 0.6) is 0 Å². The summed E-state index contributed by atoms with van der Waals surface area (Å²) in [6, 6.07) is 4.60. The highest BCUT2D eigenvalue weighted by Crippen LogP contribution is 2.27. The van der Waals surface area contributed by atoms with Crippen molar-refractivity contribution in [3.8, 4) is 0 Å². The van der Waals surface area contributed by atoms with Crippen molar-refractivity contribution in [1.29, 1.82) is 0 Å². The zero-order chi connectivity index (χ0) is 15.7. The molecule has 0 radical (unpaired) electrons. The SMILES string of the molecule is Cc1cc(N(C)C2CCN(c3ncc(Br)cc3C)C2)ncn1. The van der Waals surface area contributed by atoms with Gasteiger partial charge in [-0.1, -0.05) is 0 Å². The second-order valence-corrected chi connectivity index (χ2v) is 6.73. The van der Waals surface area contributed by atoms with E-state index in [1.165, 1.54) is 5.56 Å². The zero-order valence-electron chi connectivity index (χ0n) is 13.1. The Morgan fingerprint density at radius 1 is 1.23 bits per heavy atom. The fourth-order valence-electron chi connectivity index (χ4n) is 2.94. The van der Waals surface area contributed by atoms with Crippen molar-refractivity contribution >= 4 is 27.6 Å². The highest BCUT2D eigenvalue weighted by atomic mass is 79.9. The van der Waals surface area contributed by atoms with E-state index in [2.05, 4.69) is 60.7 Å².